The molecule has 5 aromatic rings. The highest BCUT2D eigenvalue weighted by Crippen LogP contribution is 2.31. The van der Waals surface area contributed by atoms with Gasteiger partial charge in [-0.1, -0.05) is 24.3 Å². The maximum Gasteiger partial charge on any atom is 0.266 e. The van der Waals surface area contributed by atoms with Crippen LogP contribution in [0, 0.1) is 22.7 Å². The molecule has 3 heterocycles. The summed E-state index contributed by atoms with van der Waals surface area (Å²) in [4.78, 5) is 35.6. The monoisotopic (exact) mass is 527 g/mol. The molecule has 0 spiro atoms. The van der Waals surface area contributed by atoms with E-state index in [-0.39, 0.29) is 11.1 Å². The molecule has 9 heteroatoms. The molecule has 0 bridgehead atoms. The number of nitriles is 2. The quantitative estimate of drug-likeness (QED) is 0.320. The van der Waals surface area contributed by atoms with E-state index in [2.05, 4.69) is 15.0 Å². The topological polar surface area (TPSA) is 145 Å². The lowest BCUT2D eigenvalue weighted by Crippen LogP contribution is -2.13. The van der Waals surface area contributed by atoms with Crippen LogP contribution in [-0.2, 0) is 0 Å². The lowest BCUT2D eigenvalue weighted by atomic mass is 9.97. The summed E-state index contributed by atoms with van der Waals surface area (Å²) in [6.07, 6.45) is 3.15. The molecular weight excluding hydrogens is 506 g/mol. The molecule has 194 valence electrons. The van der Waals surface area contributed by atoms with Gasteiger partial charge in [0, 0.05) is 34.6 Å². The average molecular weight is 528 g/mol. The maximum atomic E-state index is 12.9. The summed E-state index contributed by atoms with van der Waals surface area (Å²) in [5.41, 5.74) is 3.17. The SMILES string of the molecule is COc1ccc(-c2cc(-c3cncc(-c4cc(-c5ccc(OC)cc5)c(C#N)c(=O)[nH]4)c3)[nH]c(=O)c2C#N)cc1. The number of H-pyrrole nitrogens is 2. The molecule has 3 aromatic heterocycles. The summed E-state index contributed by atoms with van der Waals surface area (Å²) in [7, 11) is 3.12. The number of hydrogen-bond acceptors (Lipinski definition) is 7. The highest BCUT2D eigenvalue weighted by Gasteiger charge is 2.16. The minimum absolute atomic E-state index is 0.0152. The van der Waals surface area contributed by atoms with E-state index in [1.165, 1.54) is 0 Å². The zero-order valence-corrected chi connectivity index (χ0v) is 21.5. The van der Waals surface area contributed by atoms with Gasteiger partial charge in [0.1, 0.15) is 34.8 Å². The van der Waals surface area contributed by atoms with E-state index in [0.29, 0.717) is 56.3 Å². The highest BCUT2D eigenvalue weighted by atomic mass is 16.5. The number of rotatable bonds is 6. The van der Waals surface area contributed by atoms with Gasteiger partial charge in [-0.3, -0.25) is 14.6 Å². The smallest absolute Gasteiger partial charge is 0.266 e. The second-order valence-electron chi connectivity index (χ2n) is 8.74. The zero-order chi connectivity index (χ0) is 28.2. The molecule has 0 aliphatic heterocycles. The minimum Gasteiger partial charge on any atom is -0.497 e. The lowest BCUT2D eigenvalue weighted by Gasteiger charge is -2.11. The van der Waals surface area contributed by atoms with Gasteiger partial charge in [0.2, 0.25) is 0 Å². The molecule has 9 nitrogen and oxygen atoms in total. The predicted molar refractivity (Wildman–Crippen MR) is 150 cm³/mol. The maximum absolute atomic E-state index is 12.9. The van der Waals surface area contributed by atoms with Crippen LogP contribution in [-0.4, -0.2) is 29.2 Å². The summed E-state index contributed by atoms with van der Waals surface area (Å²) in [6, 6.07) is 23.3. The van der Waals surface area contributed by atoms with Crippen molar-refractivity contribution in [3.63, 3.8) is 0 Å². The molecule has 5 rings (SSSR count). The molecule has 0 aliphatic rings. The third kappa shape index (κ3) is 4.83. The largest absolute Gasteiger partial charge is 0.497 e. The Hall–Kier alpha value is -5.93. The third-order valence-electron chi connectivity index (χ3n) is 6.45. The van der Waals surface area contributed by atoms with Crippen molar-refractivity contribution in [2.75, 3.05) is 14.2 Å². The molecule has 2 aromatic carbocycles. The average Bonchev–Trinajstić information content (AvgIpc) is 3.00. The minimum atomic E-state index is -0.537. The van der Waals surface area contributed by atoms with Crippen LogP contribution in [0.2, 0.25) is 0 Å². The van der Waals surface area contributed by atoms with Crippen molar-refractivity contribution in [2.24, 2.45) is 0 Å². The zero-order valence-electron chi connectivity index (χ0n) is 21.5. The normalized spacial score (nSPS) is 10.4. The third-order valence-corrected chi connectivity index (χ3v) is 6.45. The Bertz CT molecular complexity index is 1790. The van der Waals surface area contributed by atoms with E-state index in [1.807, 2.05) is 12.1 Å². The number of methoxy groups -OCH3 is 2. The van der Waals surface area contributed by atoms with Gasteiger partial charge in [0.25, 0.3) is 11.1 Å². The summed E-state index contributed by atoms with van der Waals surface area (Å²) in [6.45, 7) is 0. The van der Waals surface area contributed by atoms with E-state index in [9.17, 15) is 20.1 Å². The van der Waals surface area contributed by atoms with Crippen molar-refractivity contribution in [1.29, 1.82) is 10.5 Å². The van der Waals surface area contributed by atoms with E-state index < -0.39 is 11.1 Å². The van der Waals surface area contributed by atoms with E-state index >= 15 is 0 Å². The fourth-order valence-corrected chi connectivity index (χ4v) is 4.38. The van der Waals surface area contributed by atoms with Crippen molar-refractivity contribution in [1.82, 2.24) is 15.0 Å². The number of pyridine rings is 3. The molecule has 0 fully saturated rings. The van der Waals surface area contributed by atoms with Crippen molar-refractivity contribution in [3.05, 3.63) is 111 Å². The molecule has 0 atom stereocenters. The lowest BCUT2D eigenvalue weighted by molar-refractivity contribution is 0.415. The molecule has 0 saturated carbocycles. The number of ether oxygens (including phenoxy) is 2. The predicted octanol–water partition coefficient (Wildman–Crippen LogP) is 4.89. The number of benzene rings is 2. The number of hydrogen-bond donors (Lipinski definition) is 2. The van der Waals surface area contributed by atoms with Crippen molar-refractivity contribution in [3.8, 4) is 68.4 Å². The molecule has 0 saturated heterocycles. The van der Waals surface area contributed by atoms with Crippen LogP contribution in [0.3, 0.4) is 0 Å². The van der Waals surface area contributed by atoms with Crippen LogP contribution in [0.15, 0.2) is 88.7 Å². The fourth-order valence-electron chi connectivity index (χ4n) is 4.38. The highest BCUT2D eigenvalue weighted by molar-refractivity contribution is 5.79. The number of aromatic nitrogens is 3. The molecule has 0 amide bonds. The van der Waals surface area contributed by atoms with E-state index in [1.54, 1.807) is 93.3 Å². The number of nitrogens with zero attached hydrogens (tertiary/aromatic N) is 3. The van der Waals surface area contributed by atoms with Crippen LogP contribution in [0.1, 0.15) is 11.1 Å². The van der Waals surface area contributed by atoms with Crippen LogP contribution in [0.25, 0.3) is 44.8 Å². The van der Waals surface area contributed by atoms with Gasteiger partial charge in [-0.2, -0.15) is 10.5 Å². The Morgan fingerprint density at radius 3 is 1.38 bits per heavy atom. The molecule has 0 unspecified atom stereocenters. The Morgan fingerprint density at radius 1 is 0.625 bits per heavy atom. The first-order chi connectivity index (χ1) is 19.4. The molecular formula is C31H21N5O4. The fraction of sp³-hybridized carbons (Fsp3) is 0.0645. The first-order valence-electron chi connectivity index (χ1n) is 12.0. The van der Waals surface area contributed by atoms with Crippen LogP contribution >= 0.6 is 0 Å². The van der Waals surface area contributed by atoms with Gasteiger partial charge in [-0.05, 0) is 53.6 Å². The van der Waals surface area contributed by atoms with Gasteiger partial charge < -0.3 is 19.4 Å². The van der Waals surface area contributed by atoms with Crippen molar-refractivity contribution < 1.29 is 9.47 Å². The molecule has 40 heavy (non-hydrogen) atoms. The first-order valence-corrected chi connectivity index (χ1v) is 12.0. The van der Waals surface area contributed by atoms with E-state index in [0.717, 1.165) is 0 Å². The Kier molecular flexibility index (Phi) is 6.95. The van der Waals surface area contributed by atoms with Gasteiger partial charge >= 0.3 is 0 Å². The van der Waals surface area contributed by atoms with Gasteiger partial charge in [-0.15, -0.1) is 0 Å². The molecule has 0 aliphatic carbocycles. The second kappa shape index (κ2) is 10.8. The molecule has 2 N–H and O–H groups in total. The summed E-state index contributed by atoms with van der Waals surface area (Å²) in [5.74, 6) is 1.30. The number of aromatic amines is 2. The van der Waals surface area contributed by atoms with Crippen molar-refractivity contribution >= 4 is 0 Å². The van der Waals surface area contributed by atoms with Crippen molar-refractivity contribution in [2.45, 2.75) is 0 Å². The molecule has 0 radical (unpaired) electrons. The van der Waals surface area contributed by atoms with Gasteiger partial charge in [0.05, 0.1) is 25.6 Å². The van der Waals surface area contributed by atoms with Gasteiger partial charge in [0.15, 0.2) is 0 Å². The Labute approximate surface area is 228 Å². The van der Waals surface area contributed by atoms with Gasteiger partial charge in [-0.25, -0.2) is 0 Å². The Morgan fingerprint density at radius 2 is 1.02 bits per heavy atom. The van der Waals surface area contributed by atoms with Crippen LogP contribution in [0.5, 0.6) is 11.5 Å². The van der Waals surface area contributed by atoms with Crippen LogP contribution in [0.4, 0.5) is 0 Å². The summed E-state index contributed by atoms with van der Waals surface area (Å²) in [5, 5.41) is 19.3. The standard InChI is InChI=1S/C31H21N5O4/c1-39-22-7-3-18(4-8-22)24-12-28(35-30(37)26(24)14-32)20-11-21(17-34-16-20)29-13-25(27(15-33)31(38)36-29)19-5-9-23(40-2)10-6-19/h3-13,16-17H,1-2H3,(H,35,37)(H,36,38). The van der Waals surface area contributed by atoms with E-state index in [4.69, 9.17) is 9.47 Å². The summed E-state index contributed by atoms with van der Waals surface area (Å²) < 4.78 is 10.4. The van der Waals surface area contributed by atoms with Crippen LogP contribution < -0.4 is 20.6 Å². The first kappa shape index (κ1) is 25.7. The number of nitrogens with one attached hydrogen (secondary N) is 2. The second-order valence-corrected chi connectivity index (χ2v) is 8.74. The summed E-state index contributed by atoms with van der Waals surface area (Å²) >= 11 is 0. The Balaban J connectivity index is 1.62.